The Labute approximate surface area is 179 Å². The second-order valence-corrected chi connectivity index (χ2v) is 7.36. The second kappa shape index (κ2) is 13.8. The van der Waals surface area contributed by atoms with Gasteiger partial charge < -0.3 is 25.0 Å². The highest BCUT2D eigenvalue weighted by Gasteiger charge is 2.16. The quantitative estimate of drug-likeness (QED) is 0.377. The fraction of sp³-hybridized carbons (Fsp3) is 0.565. The van der Waals surface area contributed by atoms with E-state index in [1.165, 1.54) is 11.1 Å². The van der Waals surface area contributed by atoms with E-state index in [1.54, 1.807) is 11.9 Å². The van der Waals surface area contributed by atoms with E-state index in [0.717, 1.165) is 38.6 Å². The van der Waals surface area contributed by atoms with Crippen LogP contribution < -0.4 is 10.6 Å². The fourth-order valence-corrected chi connectivity index (χ4v) is 3.38. The van der Waals surface area contributed by atoms with Crippen LogP contribution in [0.1, 0.15) is 30.4 Å². The van der Waals surface area contributed by atoms with E-state index in [9.17, 15) is 9.59 Å². The summed E-state index contributed by atoms with van der Waals surface area (Å²) in [6, 6.07) is 8.48. The minimum Gasteiger partial charge on any atom is -0.381 e. The number of carbonyl (C=O) groups excluding carboxylic acids is 2. The molecule has 1 heterocycles. The highest BCUT2D eigenvalue weighted by molar-refractivity contribution is 5.91. The summed E-state index contributed by atoms with van der Waals surface area (Å²) < 4.78 is 10.9. The van der Waals surface area contributed by atoms with Crippen molar-refractivity contribution in [2.75, 3.05) is 53.1 Å². The molecule has 0 aliphatic carbocycles. The Morgan fingerprint density at radius 1 is 1.10 bits per heavy atom. The van der Waals surface area contributed by atoms with Gasteiger partial charge in [0.1, 0.15) is 6.61 Å². The Hall–Kier alpha value is -2.38. The lowest BCUT2D eigenvalue weighted by molar-refractivity contribution is -0.140. The minimum atomic E-state index is -0.172. The number of nitrogens with zero attached hydrogens (tertiary/aromatic N) is 1. The van der Waals surface area contributed by atoms with Crippen LogP contribution in [0.4, 0.5) is 0 Å². The maximum absolute atomic E-state index is 12.1. The lowest BCUT2D eigenvalue weighted by atomic mass is 9.98. The van der Waals surface area contributed by atoms with Gasteiger partial charge in [-0.1, -0.05) is 30.8 Å². The number of morpholine rings is 1. The predicted octanol–water partition coefficient (Wildman–Crippen LogP) is 1.67. The minimum absolute atomic E-state index is 0.0476. The van der Waals surface area contributed by atoms with Crippen molar-refractivity contribution in [3.05, 3.63) is 47.7 Å². The zero-order valence-electron chi connectivity index (χ0n) is 18.1. The number of hydrogen-bond donors (Lipinski definition) is 2. The molecule has 0 spiro atoms. The standard InChI is InChI=1S/C23H35N3O4/c1-19(23(28)24-2)25-12-6-5-10-20-8-3-4-9-21(20)11-7-15-30-18-22(27)26-13-16-29-17-14-26/h3-4,8-9,25H,1,5-7,10-18H2,2H3,(H,24,28). The van der Waals surface area contributed by atoms with Gasteiger partial charge in [-0.3, -0.25) is 9.59 Å². The van der Waals surface area contributed by atoms with Gasteiger partial charge >= 0.3 is 0 Å². The first kappa shape index (κ1) is 23.9. The molecule has 0 saturated carbocycles. The lowest BCUT2D eigenvalue weighted by Crippen LogP contribution is -2.42. The van der Waals surface area contributed by atoms with Crippen LogP contribution in [0.5, 0.6) is 0 Å². The number of carbonyl (C=O) groups is 2. The van der Waals surface area contributed by atoms with Crippen LogP contribution in [0.15, 0.2) is 36.5 Å². The number of hydrogen-bond acceptors (Lipinski definition) is 5. The molecule has 2 amide bonds. The third-order valence-corrected chi connectivity index (χ3v) is 5.15. The zero-order valence-corrected chi connectivity index (χ0v) is 18.1. The van der Waals surface area contributed by atoms with Gasteiger partial charge in [0, 0.05) is 33.3 Å². The van der Waals surface area contributed by atoms with E-state index in [0.29, 0.717) is 38.6 Å². The molecule has 0 radical (unpaired) electrons. The van der Waals surface area contributed by atoms with Gasteiger partial charge in [0.2, 0.25) is 5.91 Å². The highest BCUT2D eigenvalue weighted by Crippen LogP contribution is 2.14. The highest BCUT2D eigenvalue weighted by atomic mass is 16.5. The van der Waals surface area contributed by atoms with Crippen molar-refractivity contribution in [3.63, 3.8) is 0 Å². The van der Waals surface area contributed by atoms with Crippen molar-refractivity contribution in [2.24, 2.45) is 0 Å². The zero-order chi connectivity index (χ0) is 21.6. The molecule has 1 aromatic rings. The predicted molar refractivity (Wildman–Crippen MR) is 117 cm³/mol. The average Bonchev–Trinajstić information content (AvgIpc) is 2.79. The van der Waals surface area contributed by atoms with E-state index in [4.69, 9.17) is 9.47 Å². The van der Waals surface area contributed by atoms with Crippen molar-refractivity contribution in [1.29, 1.82) is 0 Å². The Morgan fingerprint density at radius 2 is 1.77 bits per heavy atom. The Kier molecular flexibility index (Phi) is 11.0. The molecule has 1 aliphatic rings. The average molecular weight is 418 g/mol. The Bertz CT molecular complexity index is 687. The summed E-state index contributed by atoms with van der Waals surface area (Å²) in [5.41, 5.74) is 3.10. The van der Waals surface area contributed by atoms with Crippen LogP contribution in [-0.2, 0) is 31.9 Å². The fourth-order valence-electron chi connectivity index (χ4n) is 3.38. The number of rotatable bonds is 13. The number of benzene rings is 1. The topological polar surface area (TPSA) is 79.9 Å². The largest absolute Gasteiger partial charge is 0.381 e. The van der Waals surface area contributed by atoms with Crippen LogP contribution in [0, 0.1) is 0 Å². The summed E-state index contributed by atoms with van der Waals surface area (Å²) in [4.78, 5) is 25.3. The van der Waals surface area contributed by atoms with Gasteiger partial charge in [0.05, 0.1) is 18.9 Å². The molecule has 30 heavy (non-hydrogen) atoms. The Morgan fingerprint density at radius 3 is 2.43 bits per heavy atom. The third kappa shape index (κ3) is 8.55. The summed E-state index contributed by atoms with van der Waals surface area (Å²) in [5.74, 6) is -0.124. The SMILES string of the molecule is C=C(NCCCCc1ccccc1CCCOCC(=O)N1CCOCC1)C(=O)NC. The van der Waals surface area contributed by atoms with Crippen molar-refractivity contribution in [1.82, 2.24) is 15.5 Å². The van der Waals surface area contributed by atoms with Crippen LogP contribution in [0.25, 0.3) is 0 Å². The van der Waals surface area contributed by atoms with Gasteiger partial charge in [-0.25, -0.2) is 0 Å². The molecule has 0 bridgehead atoms. The molecule has 1 saturated heterocycles. The first-order chi connectivity index (χ1) is 14.6. The van der Waals surface area contributed by atoms with Gasteiger partial charge in [-0.15, -0.1) is 0 Å². The molecule has 0 aromatic heterocycles. The van der Waals surface area contributed by atoms with Crippen molar-refractivity contribution in [2.45, 2.75) is 32.1 Å². The van der Waals surface area contributed by atoms with Crippen molar-refractivity contribution >= 4 is 11.8 Å². The van der Waals surface area contributed by atoms with Gasteiger partial charge in [0.25, 0.3) is 5.91 Å². The van der Waals surface area contributed by atoms with E-state index < -0.39 is 0 Å². The van der Waals surface area contributed by atoms with E-state index in [-0.39, 0.29) is 18.4 Å². The summed E-state index contributed by atoms with van der Waals surface area (Å²) in [5, 5.41) is 5.61. The first-order valence-electron chi connectivity index (χ1n) is 10.8. The summed E-state index contributed by atoms with van der Waals surface area (Å²) in [6.07, 6.45) is 4.84. The van der Waals surface area contributed by atoms with Gasteiger partial charge in [-0.05, 0) is 43.2 Å². The van der Waals surface area contributed by atoms with Crippen LogP contribution in [0.3, 0.4) is 0 Å². The Balaban J connectivity index is 1.61. The molecule has 1 aromatic carbocycles. The van der Waals surface area contributed by atoms with Gasteiger partial charge in [-0.2, -0.15) is 0 Å². The number of nitrogens with one attached hydrogen (secondary N) is 2. The first-order valence-corrected chi connectivity index (χ1v) is 10.8. The van der Waals surface area contributed by atoms with Crippen LogP contribution in [0.2, 0.25) is 0 Å². The van der Waals surface area contributed by atoms with Crippen molar-refractivity contribution in [3.8, 4) is 0 Å². The number of ether oxygens (including phenoxy) is 2. The number of unbranched alkanes of at least 4 members (excludes halogenated alkanes) is 1. The van der Waals surface area contributed by atoms with E-state index in [2.05, 4.69) is 41.5 Å². The summed E-state index contributed by atoms with van der Waals surface area (Å²) in [7, 11) is 1.60. The monoisotopic (exact) mass is 417 g/mol. The van der Waals surface area contributed by atoms with Crippen LogP contribution in [-0.4, -0.2) is 69.8 Å². The smallest absolute Gasteiger partial charge is 0.266 e. The summed E-state index contributed by atoms with van der Waals surface area (Å²) >= 11 is 0. The second-order valence-electron chi connectivity index (χ2n) is 7.36. The third-order valence-electron chi connectivity index (χ3n) is 5.15. The molecular formula is C23H35N3O4. The molecule has 0 atom stereocenters. The summed E-state index contributed by atoms with van der Waals surface area (Å²) in [6.45, 7) is 7.72. The normalized spacial score (nSPS) is 13.7. The lowest BCUT2D eigenvalue weighted by Gasteiger charge is -2.26. The van der Waals surface area contributed by atoms with E-state index in [1.807, 2.05) is 0 Å². The molecule has 1 fully saturated rings. The molecule has 0 unspecified atom stereocenters. The number of likely N-dealkylation sites (N-methyl/N-ethyl adjacent to an activating group) is 1. The molecular weight excluding hydrogens is 382 g/mol. The maximum Gasteiger partial charge on any atom is 0.266 e. The van der Waals surface area contributed by atoms with Crippen LogP contribution >= 0.6 is 0 Å². The number of aryl methyl sites for hydroxylation is 2. The molecule has 2 rings (SSSR count). The van der Waals surface area contributed by atoms with Gasteiger partial charge in [0.15, 0.2) is 0 Å². The molecule has 2 N–H and O–H groups in total. The molecule has 7 heteroatoms. The molecule has 1 aliphatic heterocycles. The van der Waals surface area contributed by atoms with E-state index >= 15 is 0 Å². The molecule has 166 valence electrons. The number of amides is 2. The molecule has 7 nitrogen and oxygen atoms in total. The van der Waals surface area contributed by atoms with Crippen molar-refractivity contribution < 1.29 is 19.1 Å². The maximum atomic E-state index is 12.1.